The van der Waals surface area contributed by atoms with Crippen molar-refractivity contribution in [1.82, 2.24) is 0 Å². The third kappa shape index (κ3) is 4.65. The van der Waals surface area contributed by atoms with Crippen molar-refractivity contribution < 1.29 is 4.79 Å². The highest BCUT2D eigenvalue weighted by Crippen LogP contribution is 2.40. The minimum atomic E-state index is 0.360. The van der Waals surface area contributed by atoms with E-state index >= 15 is 0 Å². The molecule has 0 aromatic rings. The van der Waals surface area contributed by atoms with Gasteiger partial charge in [-0.1, -0.05) is 26.8 Å². The van der Waals surface area contributed by atoms with Crippen LogP contribution in [-0.4, -0.2) is 5.78 Å². The zero-order chi connectivity index (χ0) is 12.9. The number of Topliss-reactive ketones (excluding diaryl/α,β-unsaturated/α-hetero) is 1. The van der Waals surface area contributed by atoms with Gasteiger partial charge in [0.05, 0.1) is 0 Å². The fraction of sp³-hybridized carbons (Fsp3) is 0.812. The Balaban J connectivity index is 2.31. The summed E-state index contributed by atoms with van der Waals surface area (Å²) in [6, 6.07) is 0. The van der Waals surface area contributed by atoms with Crippen LogP contribution in [0.4, 0.5) is 0 Å². The van der Waals surface area contributed by atoms with Gasteiger partial charge in [-0.3, -0.25) is 4.79 Å². The molecule has 1 rings (SSSR count). The SMILES string of the molecule is C=CCCCC(=O)C1CCC(C(C)(C)C)CC1. The topological polar surface area (TPSA) is 17.1 Å². The quantitative estimate of drug-likeness (QED) is 0.496. The molecule has 0 spiro atoms. The zero-order valence-electron chi connectivity index (χ0n) is 11.8. The molecule has 0 aromatic carbocycles. The lowest BCUT2D eigenvalue weighted by atomic mass is 9.69. The van der Waals surface area contributed by atoms with E-state index in [1.165, 1.54) is 12.8 Å². The lowest BCUT2D eigenvalue weighted by molar-refractivity contribution is -0.124. The van der Waals surface area contributed by atoms with Crippen LogP contribution in [0.25, 0.3) is 0 Å². The van der Waals surface area contributed by atoms with E-state index in [1.54, 1.807) is 0 Å². The van der Waals surface area contributed by atoms with E-state index in [1.807, 2.05) is 6.08 Å². The molecule has 0 amide bonds. The molecule has 0 bridgehead atoms. The van der Waals surface area contributed by atoms with Crippen molar-refractivity contribution in [3.05, 3.63) is 12.7 Å². The van der Waals surface area contributed by atoms with Gasteiger partial charge in [-0.15, -0.1) is 6.58 Å². The minimum Gasteiger partial charge on any atom is -0.299 e. The third-order valence-corrected chi connectivity index (χ3v) is 4.24. The first-order valence-corrected chi connectivity index (χ1v) is 7.08. The predicted molar refractivity (Wildman–Crippen MR) is 74.0 cm³/mol. The van der Waals surface area contributed by atoms with Gasteiger partial charge in [0, 0.05) is 12.3 Å². The fourth-order valence-electron chi connectivity index (χ4n) is 2.91. The average Bonchev–Trinajstić information content (AvgIpc) is 2.28. The van der Waals surface area contributed by atoms with Gasteiger partial charge in [-0.2, -0.15) is 0 Å². The number of ketones is 1. The number of carbonyl (C=O) groups is 1. The molecule has 1 nitrogen and oxygen atoms in total. The first kappa shape index (κ1) is 14.5. The van der Waals surface area contributed by atoms with Crippen LogP contribution in [-0.2, 0) is 4.79 Å². The molecule has 0 N–H and O–H groups in total. The summed E-state index contributed by atoms with van der Waals surface area (Å²) in [5.41, 5.74) is 0.414. The summed E-state index contributed by atoms with van der Waals surface area (Å²) >= 11 is 0. The zero-order valence-corrected chi connectivity index (χ0v) is 11.8. The van der Waals surface area contributed by atoms with E-state index in [0.717, 1.165) is 38.0 Å². The van der Waals surface area contributed by atoms with Gasteiger partial charge >= 0.3 is 0 Å². The molecule has 0 aromatic heterocycles. The van der Waals surface area contributed by atoms with E-state index in [4.69, 9.17) is 0 Å². The number of rotatable bonds is 5. The van der Waals surface area contributed by atoms with Crippen LogP contribution in [0.5, 0.6) is 0 Å². The Kier molecular flexibility index (Phi) is 5.42. The van der Waals surface area contributed by atoms with Gasteiger partial charge < -0.3 is 0 Å². The monoisotopic (exact) mass is 236 g/mol. The van der Waals surface area contributed by atoms with Crippen molar-refractivity contribution in [2.75, 3.05) is 0 Å². The minimum absolute atomic E-state index is 0.360. The van der Waals surface area contributed by atoms with Gasteiger partial charge in [0.25, 0.3) is 0 Å². The summed E-state index contributed by atoms with van der Waals surface area (Å²) in [7, 11) is 0. The molecule has 1 aliphatic carbocycles. The second-order valence-corrected chi connectivity index (χ2v) is 6.56. The molecule has 0 atom stereocenters. The van der Waals surface area contributed by atoms with Crippen LogP contribution in [0.15, 0.2) is 12.7 Å². The molecule has 17 heavy (non-hydrogen) atoms. The first-order valence-electron chi connectivity index (χ1n) is 7.08. The van der Waals surface area contributed by atoms with Crippen molar-refractivity contribution in [2.45, 2.75) is 65.7 Å². The number of allylic oxidation sites excluding steroid dienone is 1. The molecule has 1 heteroatoms. The lowest BCUT2D eigenvalue weighted by Gasteiger charge is -2.36. The average molecular weight is 236 g/mol. The maximum Gasteiger partial charge on any atom is 0.135 e. The molecule has 0 saturated heterocycles. The van der Waals surface area contributed by atoms with E-state index in [9.17, 15) is 4.79 Å². The normalized spacial score (nSPS) is 25.6. The highest BCUT2D eigenvalue weighted by Gasteiger charge is 2.31. The summed E-state index contributed by atoms with van der Waals surface area (Å²) in [5.74, 6) is 1.66. The highest BCUT2D eigenvalue weighted by molar-refractivity contribution is 5.81. The first-order chi connectivity index (χ1) is 7.95. The Morgan fingerprint density at radius 3 is 2.29 bits per heavy atom. The van der Waals surface area contributed by atoms with Crippen LogP contribution >= 0.6 is 0 Å². The maximum atomic E-state index is 12.0. The van der Waals surface area contributed by atoms with Crippen molar-refractivity contribution in [2.24, 2.45) is 17.3 Å². The van der Waals surface area contributed by atoms with Crippen LogP contribution < -0.4 is 0 Å². The summed E-state index contributed by atoms with van der Waals surface area (Å²) in [6.45, 7) is 10.7. The van der Waals surface area contributed by atoms with Crippen molar-refractivity contribution in [1.29, 1.82) is 0 Å². The number of carbonyl (C=O) groups excluding carboxylic acids is 1. The molecule has 0 unspecified atom stereocenters. The molecule has 1 aliphatic rings. The van der Waals surface area contributed by atoms with Gasteiger partial charge in [0.2, 0.25) is 0 Å². The second-order valence-electron chi connectivity index (χ2n) is 6.56. The molecule has 0 radical (unpaired) electrons. The summed E-state index contributed by atoms with van der Waals surface area (Å²) in [5, 5.41) is 0. The summed E-state index contributed by atoms with van der Waals surface area (Å²) in [4.78, 5) is 12.0. The Bertz CT molecular complexity index is 251. The molecular formula is C16H28O. The van der Waals surface area contributed by atoms with Gasteiger partial charge in [-0.05, 0) is 49.9 Å². The summed E-state index contributed by atoms with van der Waals surface area (Å²) in [6.07, 6.45) is 9.34. The van der Waals surface area contributed by atoms with Crippen LogP contribution in [0, 0.1) is 17.3 Å². The van der Waals surface area contributed by atoms with Gasteiger partial charge in [0.15, 0.2) is 0 Å². The molecule has 98 valence electrons. The van der Waals surface area contributed by atoms with Crippen molar-refractivity contribution in [3.8, 4) is 0 Å². The number of hydrogen-bond donors (Lipinski definition) is 0. The van der Waals surface area contributed by atoms with Gasteiger partial charge in [-0.25, -0.2) is 0 Å². The van der Waals surface area contributed by atoms with Crippen molar-refractivity contribution >= 4 is 5.78 Å². The second kappa shape index (κ2) is 6.37. The third-order valence-electron chi connectivity index (χ3n) is 4.24. The Morgan fingerprint density at radius 1 is 1.24 bits per heavy atom. The molecular weight excluding hydrogens is 208 g/mol. The maximum absolute atomic E-state index is 12.0. The fourth-order valence-corrected chi connectivity index (χ4v) is 2.91. The Hall–Kier alpha value is -0.590. The van der Waals surface area contributed by atoms with E-state index in [-0.39, 0.29) is 0 Å². The predicted octanol–water partition coefficient (Wildman–Crippen LogP) is 4.76. The smallest absolute Gasteiger partial charge is 0.135 e. The number of hydrogen-bond acceptors (Lipinski definition) is 1. The highest BCUT2D eigenvalue weighted by atomic mass is 16.1. The largest absolute Gasteiger partial charge is 0.299 e. The van der Waals surface area contributed by atoms with Crippen LogP contribution in [0.3, 0.4) is 0 Å². The standard InChI is InChI=1S/C16H28O/c1-5-6-7-8-15(17)13-9-11-14(12-10-13)16(2,3)4/h5,13-14H,1,6-12H2,2-4H3. The molecule has 1 fully saturated rings. The lowest BCUT2D eigenvalue weighted by Crippen LogP contribution is -2.28. The van der Waals surface area contributed by atoms with E-state index < -0.39 is 0 Å². The van der Waals surface area contributed by atoms with E-state index in [2.05, 4.69) is 27.4 Å². The Morgan fingerprint density at radius 2 is 1.82 bits per heavy atom. The summed E-state index contributed by atoms with van der Waals surface area (Å²) < 4.78 is 0. The van der Waals surface area contributed by atoms with Crippen molar-refractivity contribution in [3.63, 3.8) is 0 Å². The molecule has 1 saturated carbocycles. The number of unbranched alkanes of at least 4 members (excludes halogenated alkanes) is 1. The molecule has 0 heterocycles. The van der Waals surface area contributed by atoms with E-state index in [0.29, 0.717) is 17.1 Å². The molecule has 0 aliphatic heterocycles. The van der Waals surface area contributed by atoms with Gasteiger partial charge in [0.1, 0.15) is 5.78 Å². The van der Waals surface area contributed by atoms with Crippen LogP contribution in [0.1, 0.15) is 65.7 Å². The Labute approximate surface area is 107 Å². The van der Waals surface area contributed by atoms with Crippen LogP contribution in [0.2, 0.25) is 0 Å².